The summed E-state index contributed by atoms with van der Waals surface area (Å²) in [5.74, 6) is 0.151. The lowest BCUT2D eigenvalue weighted by atomic mass is 10.2. The number of ether oxygens (including phenoxy) is 1. The molecule has 4 rings (SSSR count). The predicted octanol–water partition coefficient (Wildman–Crippen LogP) is 2.61. The third-order valence-corrected chi connectivity index (χ3v) is 5.14. The number of aryl methyl sites for hydroxylation is 1. The number of esters is 1. The summed E-state index contributed by atoms with van der Waals surface area (Å²) in [5.41, 5.74) is 2.33. The highest BCUT2D eigenvalue weighted by Crippen LogP contribution is 2.23. The van der Waals surface area contributed by atoms with Gasteiger partial charge in [-0.1, -0.05) is 41.6 Å². The number of hydrogen-bond donors (Lipinski definition) is 0. The molecule has 0 saturated carbocycles. The fourth-order valence-corrected chi connectivity index (χ4v) is 3.65. The molecule has 2 aromatic heterocycles. The maximum atomic E-state index is 13.2. The molecule has 0 spiro atoms. The molecule has 0 aliphatic heterocycles. The molecule has 0 bridgehead atoms. The molecular weight excluding hydrogens is 364 g/mol. The van der Waals surface area contributed by atoms with Crippen molar-refractivity contribution in [2.45, 2.75) is 12.1 Å². The molecule has 136 valence electrons. The highest BCUT2D eigenvalue weighted by Gasteiger charge is 2.18. The average molecular weight is 380 g/mol. The fraction of sp³-hybridized carbons (Fsp3) is 0.158. The second-order valence-electron chi connectivity index (χ2n) is 5.98. The molecule has 0 unspecified atom stereocenters. The minimum Gasteiger partial charge on any atom is -0.468 e. The molecule has 0 atom stereocenters. The number of para-hydroxylation sites is 1. The van der Waals surface area contributed by atoms with Gasteiger partial charge < -0.3 is 4.74 Å². The minimum absolute atomic E-state index is 0.106. The van der Waals surface area contributed by atoms with Crippen LogP contribution in [0.4, 0.5) is 0 Å². The van der Waals surface area contributed by atoms with Gasteiger partial charge in [0.25, 0.3) is 5.56 Å². The Balaban J connectivity index is 2.01. The molecule has 0 fully saturated rings. The molecular formula is C19H16N4O3S. The van der Waals surface area contributed by atoms with E-state index in [0.717, 1.165) is 5.56 Å². The van der Waals surface area contributed by atoms with Gasteiger partial charge in [0.1, 0.15) is 0 Å². The van der Waals surface area contributed by atoms with Gasteiger partial charge in [0.15, 0.2) is 5.16 Å². The van der Waals surface area contributed by atoms with Crippen LogP contribution in [0.3, 0.4) is 0 Å². The van der Waals surface area contributed by atoms with Crippen molar-refractivity contribution in [1.29, 1.82) is 0 Å². The first-order valence-corrected chi connectivity index (χ1v) is 9.24. The molecule has 0 saturated heterocycles. The van der Waals surface area contributed by atoms with Gasteiger partial charge in [0.05, 0.1) is 29.5 Å². The van der Waals surface area contributed by atoms with Crippen LogP contribution in [0, 0.1) is 6.92 Å². The summed E-state index contributed by atoms with van der Waals surface area (Å²) >= 11 is 1.22. The zero-order chi connectivity index (χ0) is 19.0. The van der Waals surface area contributed by atoms with Gasteiger partial charge in [-0.05, 0) is 31.2 Å². The van der Waals surface area contributed by atoms with Crippen LogP contribution in [0.15, 0.2) is 58.5 Å². The maximum Gasteiger partial charge on any atom is 0.316 e. The standard InChI is InChI=1S/C19H16N4O3S/c1-12-7-9-13(10-8-12)22-17(25)14-5-3-4-6-15(14)23-18(22)20-21-19(23)27-11-16(24)26-2/h3-10H,11H2,1-2H3. The third-order valence-electron chi connectivity index (χ3n) is 4.23. The van der Waals surface area contributed by atoms with Crippen LogP contribution in [0.1, 0.15) is 5.56 Å². The Morgan fingerprint density at radius 3 is 2.59 bits per heavy atom. The lowest BCUT2D eigenvalue weighted by Gasteiger charge is -2.11. The molecule has 8 heteroatoms. The van der Waals surface area contributed by atoms with E-state index in [4.69, 9.17) is 4.74 Å². The summed E-state index contributed by atoms with van der Waals surface area (Å²) in [4.78, 5) is 24.7. The number of thioether (sulfide) groups is 1. The molecule has 0 aliphatic rings. The van der Waals surface area contributed by atoms with Gasteiger partial charge >= 0.3 is 5.97 Å². The summed E-state index contributed by atoms with van der Waals surface area (Å²) in [6, 6.07) is 14.9. The topological polar surface area (TPSA) is 78.5 Å². The second-order valence-corrected chi connectivity index (χ2v) is 6.92. The van der Waals surface area contributed by atoms with E-state index < -0.39 is 0 Å². The number of carbonyl (C=O) groups is 1. The van der Waals surface area contributed by atoms with E-state index in [1.54, 1.807) is 10.5 Å². The van der Waals surface area contributed by atoms with Crippen molar-refractivity contribution in [2.75, 3.05) is 12.9 Å². The van der Waals surface area contributed by atoms with E-state index in [1.807, 2.05) is 49.4 Å². The molecule has 4 aromatic rings. The Hall–Kier alpha value is -3.13. The smallest absolute Gasteiger partial charge is 0.316 e. The third kappa shape index (κ3) is 2.97. The maximum absolute atomic E-state index is 13.2. The summed E-state index contributed by atoms with van der Waals surface area (Å²) in [6.07, 6.45) is 0. The van der Waals surface area contributed by atoms with Crippen molar-refractivity contribution in [3.63, 3.8) is 0 Å². The number of benzene rings is 2. The first-order chi connectivity index (χ1) is 13.1. The number of nitrogens with zero attached hydrogens (tertiary/aromatic N) is 4. The van der Waals surface area contributed by atoms with Crippen molar-refractivity contribution in [3.8, 4) is 5.69 Å². The summed E-state index contributed by atoms with van der Waals surface area (Å²) in [6.45, 7) is 1.99. The Morgan fingerprint density at radius 1 is 1.11 bits per heavy atom. The summed E-state index contributed by atoms with van der Waals surface area (Å²) in [5, 5.41) is 9.51. The van der Waals surface area contributed by atoms with E-state index in [-0.39, 0.29) is 17.3 Å². The molecule has 2 aromatic carbocycles. The predicted molar refractivity (Wildman–Crippen MR) is 104 cm³/mol. The van der Waals surface area contributed by atoms with Crippen LogP contribution in [-0.4, -0.2) is 38.0 Å². The molecule has 2 heterocycles. The normalized spacial score (nSPS) is 11.2. The Kier molecular flexibility index (Phi) is 4.41. The van der Waals surface area contributed by atoms with E-state index in [9.17, 15) is 9.59 Å². The Morgan fingerprint density at radius 2 is 1.85 bits per heavy atom. The van der Waals surface area contributed by atoms with E-state index in [0.29, 0.717) is 27.5 Å². The highest BCUT2D eigenvalue weighted by molar-refractivity contribution is 7.99. The largest absolute Gasteiger partial charge is 0.468 e. The number of hydrogen-bond acceptors (Lipinski definition) is 6. The van der Waals surface area contributed by atoms with Crippen LogP contribution in [0.5, 0.6) is 0 Å². The summed E-state index contributed by atoms with van der Waals surface area (Å²) in [7, 11) is 1.34. The zero-order valence-electron chi connectivity index (χ0n) is 14.7. The molecule has 7 nitrogen and oxygen atoms in total. The molecule has 0 aliphatic carbocycles. The Labute approximate surface area is 158 Å². The number of fused-ring (bicyclic) bond motifs is 3. The first kappa shape index (κ1) is 17.3. The van der Waals surface area contributed by atoms with Gasteiger partial charge in [-0.15, -0.1) is 10.2 Å². The van der Waals surface area contributed by atoms with E-state index >= 15 is 0 Å². The molecule has 0 N–H and O–H groups in total. The van der Waals surface area contributed by atoms with E-state index in [2.05, 4.69) is 10.2 Å². The van der Waals surface area contributed by atoms with Crippen molar-refractivity contribution < 1.29 is 9.53 Å². The minimum atomic E-state index is -0.354. The van der Waals surface area contributed by atoms with Gasteiger partial charge in [0.2, 0.25) is 5.78 Å². The van der Waals surface area contributed by atoms with Gasteiger partial charge in [0, 0.05) is 0 Å². The number of carbonyl (C=O) groups excluding carboxylic acids is 1. The molecule has 0 radical (unpaired) electrons. The monoisotopic (exact) mass is 380 g/mol. The van der Waals surface area contributed by atoms with Crippen LogP contribution in [-0.2, 0) is 9.53 Å². The number of methoxy groups -OCH3 is 1. The quantitative estimate of drug-likeness (QED) is 0.400. The first-order valence-electron chi connectivity index (χ1n) is 8.25. The zero-order valence-corrected chi connectivity index (χ0v) is 15.6. The fourth-order valence-electron chi connectivity index (χ4n) is 2.88. The van der Waals surface area contributed by atoms with Gasteiger partial charge in [-0.2, -0.15) is 0 Å². The van der Waals surface area contributed by atoms with Gasteiger partial charge in [-0.25, -0.2) is 4.57 Å². The average Bonchev–Trinajstić information content (AvgIpc) is 3.11. The second kappa shape index (κ2) is 6.88. The highest BCUT2D eigenvalue weighted by atomic mass is 32.2. The lowest BCUT2D eigenvalue weighted by Crippen LogP contribution is -2.21. The Bertz CT molecular complexity index is 1210. The SMILES string of the molecule is COC(=O)CSc1nnc2n(-c3ccc(C)cc3)c(=O)c3ccccc3n12. The van der Waals surface area contributed by atoms with Crippen molar-refractivity contribution in [2.24, 2.45) is 0 Å². The molecule has 27 heavy (non-hydrogen) atoms. The summed E-state index contributed by atoms with van der Waals surface area (Å²) < 4.78 is 8.03. The number of rotatable bonds is 4. The van der Waals surface area contributed by atoms with Gasteiger partial charge in [-0.3, -0.25) is 14.0 Å². The van der Waals surface area contributed by atoms with Crippen molar-refractivity contribution in [3.05, 3.63) is 64.4 Å². The van der Waals surface area contributed by atoms with Crippen molar-refractivity contribution >= 4 is 34.4 Å². The van der Waals surface area contributed by atoms with Crippen LogP contribution in [0.2, 0.25) is 0 Å². The van der Waals surface area contributed by atoms with E-state index in [1.165, 1.54) is 23.4 Å². The van der Waals surface area contributed by atoms with Crippen molar-refractivity contribution in [1.82, 2.24) is 19.2 Å². The van der Waals surface area contributed by atoms with Crippen LogP contribution >= 0.6 is 11.8 Å². The van der Waals surface area contributed by atoms with Crippen LogP contribution in [0.25, 0.3) is 22.4 Å². The lowest BCUT2D eigenvalue weighted by molar-refractivity contribution is -0.137. The molecule has 0 amide bonds. The number of aromatic nitrogens is 4. The van der Waals surface area contributed by atoms with Crippen LogP contribution < -0.4 is 5.56 Å².